The number of benzene rings is 1. The molecule has 1 N–H and O–H groups in total. The van der Waals surface area contributed by atoms with Crippen LogP contribution in [-0.4, -0.2) is 34.8 Å². The van der Waals surface area contributed by atoms with E-state index >= 15 is 0 Å². The Morgan fingerprint density at radius 3 is 2.63 bits per heavy atom. The number of carbonyl (C=O) groups excluding carboxylic acids is 2. The lowest BCUT2D eigenvalue weighted by molar-refractivity contribution is -0.115. The molecule has 2 aromatic heterocycles. The normalized spacial score (nSPS) is 13.7. The van der Waals surface area contributed by atoms with Crippen LogP contribution < -0.4 is 5.32 Å². The molecule has 0 aliphatic carbocycles. The Balaban J connectivity index is 1.35. The van der Waals surface area contributed by atoms with Gasteiger partial charge in [0.05, 0.1) is 18.4 Å². The van der Waals surface area contributed by atoms with E-state index in [-0.39, 0.29) is 18.2 Å². The molecule has 1 fully saturated rings. The third-order valence-electron chi connectivity index (χ3n) is 4.43. The highest BCUT2D eigenvalue weighted by atomic mass is 32.1. The largest absolute Gasteiger partial charge is 0.462 e. The molecule has 1 aromatic carbocycles. The molecular formula is C20H19N3O3S. The van der Waals surface area contributed by atoms with Crippen molar-refractivity contribution in [3.63, 3.8) is 0 Å². The lowest BCUT2D eigenvalue weighted by atomic mass is 10.2. The van der Waals surface area contributed by atoms with Crippen molar-refractivity contribution < 1.29 is 14.0 Å². The van der Waals surface area contributed by atoms with Gasteiger partial charge < -0.3 is 14.6 Å². The van der Waals surface area contributed by atoms with Crippen LogP contribution in [0.25, 0.3) is 10.8 Å². The fourth-order valence-electron chi connectivity index (χ4n) is 3.07. The van der Waals surface area contributed by atoms with Crippen molar-refractivity contribution in [1.82, 2.24) is 9.88 Å². The highest BCUT2D eigenvalue weighted by Crippen LogP contribution is 2.24. The number of furan rings is 1. The van der Waals surface area contributed by atoms with E-state index in [2.05, 4.69) is 10.3 Å². The monoisotopic (exact) mass is 381 g/mol. The van der Waals surface area contributed by atoms with Gasteiger partial charge in [-0.05, 0) is 49.2 Å². The van der Waals surface area contributed by atoms with Crippen LogP contribution in [-0.2, 0) is 11.2 Å². The van der Waals surface area contributed by atoms with E-state index < -0.39 is 0 Å². The summed E-state index contributed by atoms with van der Waals surface area (Å²) < 4.78 is 5.32. The fraction of sp³-hybridized carbons (Fsp3) is 0.250. The number of hydrogen-bond acceptors (Lipinski definition) is 5. The Morgan fingerprint density at radius 1 is 1.15 bits per heavy atom. The maximum atomic E-state index is 12.3. The number of aromatic nitrogens is 1. The molecular weight excluding hydrogens is 362 g/mol. The Kier molecular flexibility index (Phi) is 5.02. The molecule has 138 valence electrons. The van der Waals surface area contributed by atoms with Crippen molar-refractivity contribution in [2.45, 2.75) is 19.3 Å². The second-order valence-electron chi connectivity index (χ2n) is 6.42. The number of thiazole rings is 1. The summed E-state index contributed by atoms with van der Waals surface area (Å²) in [5.74, 6) is 0.605. The smallest absolute Gasteiger partial charge is 0.253 e. The predicted octanol–water partition coefficient (Wildman–Crippen LogP) is 3.82. The van der Waals surface area contributed by atoms with Gasteiger partial charge >= 0.3 is 0 Å². The average molecular weight is 381 g/mol. The van der Waals surface area contributed by atoms with Crippen molar-refractivity contribution in [3.05, 3.63) is 59.3 Å². The highest BCUT2D eigenvalue weighted by Gasteiger charge is 2.19. The summed E-state index contributed by atoms with van der Waals surface area (Å²) in [6.45, 7) is 1.65. The first-order valence-electron chi connectivity index (χ1n) is 8.86. The van der Waals surface area contributed by atoms with Crippen LogP contribution in [0, 0.1) is 0 Å². The molecule has 6 nitrogen and oxygen atoms in total. The van der Waals surface area contributed by atoms with E-state index in [9.17, 15) is 9.59 Å². The summed E-state index contributed by atoms with van der Waals surface area (Å²) in [5, 5.41) is 5.46. The Morgan fingerprint density at radius 2 is 1.93 bits per heavy atom. The Labute approximate surface area is 160 Å². The lowest BCUT2D eigenvalue weighted by Gasteiger charge is -2.15. The van der Waals surface area contributed by atoms with Crippen molar-refractivity contribution >= 4 is 28.8 Å². The Hall–Kier alpha value is -2.93. The van der Waals surface area contributed by atoms with E-state index in [1.54, 1.807) is 36.6 Å². The van der Waals surface area contributed by atoms with Crippen LogP contribution in [0.2, 0.25) is 0 Å². The van der Waals surface area contributed by atoms with Crippen molar-refractivity contribution in [2.24, 2.45) is 0 Å². The van der Waals surface area contributed by atoms with E-state index in [1.165, 1.54) is 11.3 Å². The molecule has 27 heavy (non-hydrogen) atoms. The van der Waals surface area contributed by atoms with E-state index in [0.717, 1.165) is 30.9 Å². The number of nitrogens with zero attached hydrogens (tertiary/aromatic N) is 2. The van der Waals surface area contributed by atoms with Crippen LogP contribution in [0.1, 0.15) is 28.9 Å². The number of hydrogen-bond donors (Lipinski definition) is 1. The maximum absolute atomic E-state index is 12.3. The van der Waals surface area contributed by atoms with E-state index in [0.29, 0.717) is 22.7 Å². The third-order valence-corrected chi connectivity index (χ3v) is 5.34. The van der Waals surface area contributed by atoms with Crippen LogP contribution in [0.3, 0.4) is 0 Å². The van der Waals surface area contributed by atoms with Gasteiger partial charge in [0.15, 0.2) is 10.8 Å². The predicted molar refractivity (Wildman–Crippen MR) is 104 cm³/mol. The van der Waals surface area contributed by atoms with Gasteiger partial charge in [-0.3, -0.25) is 9.59 Å². The molecule has 0 saturated carbocycles. The van der Waals surface area contributed by atoms with Crippen LogP contribution >= 0.6 is 11.3 Å². The number of likely N-dealkylation sites (tertiary alicyclic amines) is 1. The summed E-state index contributed by atoms with van der Waals surface area (Å²) >= 11 is 1.45. The molecule has 2 amide bonds. The van der Waals surface area contributed by atoms with Gasteiger partial charge in [0.25, 0.3) is 5.91 Å². The molecule has 1 aliphatic heterocycles. The SMILES string of the molecule is O=C(Cc1csc(-c2ccco2)n1)Nc1ccc(C(=O)N2CCCC2)cc1. The van der Waals surface area contributed by atoms with Gasteiger partial charge in [0.2, 0.25) is 5.91 Å². The van der Waals surface area contributed by atoms with Crippen molar-refractivity contribution in [1.29, 1.82) is 0 Å². The van der Waals surface area contributed by atoms with Gasteiger partial charge in [-0.2, -0.15) is 0 Å². The summed E-state index contributed by atoms with van der Waals surface area (Å²) in [4.78, 5) is 30.9. The molecule has 4 rings (SSSR count). The van der Waals surface area contributed by atoms with Crippen molar-refractivity contribution in [2.75, 3.05) is 18.4 Å². The Bertz CT molecular complexity index is 926. The molecule has 3 aromatic rings. The van der Waals surface area contributed by atoms with Gasteiger partial charge in [-0.25, -0.2) is 4.98 Å². The van der Waals surface area contributed by atoms with Crippen LogP contribution in [0.15, 0.2) is 52.5 Å². The van der Waals surface area contributed by atoms with Gasteiger partial charge in [0, 0.05) is 29.7 Å². The van der Waals surface area contributed by atoms with E-state index in [4.69, 9.17) is 4.42 Å². The number of nitrogens with one attached hydrogen (secondary N) is 1. The number of carbonyl (C=O) groups is 2. The van der Waals surface area contributed by atoms with Crippen LogP contribution in [0.5, 0.6) is 0 Å². The third kappa shape index (κ3) is 4.09. The molecule has 0 atom stereocenters. The lowest BCUT2D eigenvalue weighted by Crippen LogP contribution is -2.27. The molecule has 0 spiro atoms. The zero-order chi connectivity index (χ0) is 18.6. The second kappa shape index (κ2) is 7.75. The van der Waals surface area contributed by atoms with Gasteiger partial charge in [-0.15, -0.1) is 11.3 Å². The van der Waals surface area contributed by atoms with Gasteiger partial charge in [-0.1, -0.05) is 0 Å². The summed E-state index contributed by atoms with van der Waals surface area (Å²) in [7, 11) is 0. The summed E-state index contributed by atoms with van der Waals surface area (Å²) in [6.07, 6.45) is 3.92. The standard InChI is InChI=1S/C20H19N3O3S/c24-18(12-16-13-27-19(22-16)17-4-3-11-26-17)21-15-7-5-14(6-8-15)20(25)23-9-1-2-10-23/h3-8,11,13H,1-2,9-10,12H2,(H,21,24). The number of amides is 2. The van der Waals surface area contributed by atoms with Crippen molar-refractivity contribution in [3.8, 4) is 10.8 Å². The minimum Gasteiger partial charge on any atom is -0.462 e. The second-order valence-corrected chi connectivity index (χ2v) is 7.28. The number of anilines is 1. The topological polar surface area (TPSA) is 75.4 Å². The number of rotatable bonds is 5. The first-order chi connectivity index (χ1) is 13.2. The summed E-state index contributed by atoms with van der Waals surface area (Å²) in [6, 6.07) is 10.7. The minimum atomic E-state index is -0.148. The molecule has 1 saturated heterocycles. The zero-order valence-corrected chi connectivity index (χ0v) is 15.5. The highest BCUT2D eigenvalue weighted by molar-refractivity contribution is 7.13. The fourth-order valence-corrected chi connectivity index (χ4v) is 3.86. The molecule has 3 heterocycles. The quantitative estimate of drug-likeness (QED) is 0.729. The summed E-state index contributed by atoms with van der Waals surface area (Å²) in [5.41, 5.74) is 2.02. The molecule has 7 heteroatoms. The van der Waals surface area contributed by atoms with E-state index in [1.807, 2.05) is 16.3 Å². The molecule has 0 unspecified atom stereocenters. The molecule has 1 aliphatic rings. The van der Waals surface area contributed by atoms with Crippen LogP contribution in [0.4, 0.5) is 5.69 Å². The maximum Gasteiger partial charge on any atom is 0.253 e. The zero-order valence-electron chi connectivity index (χ0n) is 14.7. The average Bonchev–Trinajstić information content (AvgIpc) is 3.43. The molecule has 0 radical (unpaired) electrons. The first-order valence-corrected chi connectivity index (χ1v) is 9.74. The van der Waals surface area contributed by atoms with Gasteiger partial charge in [0.1, 0.15) is 0 Å². The minimum absolute atomic E-state index is 0.0540. The first kappa shape index (κ1) is 17.5. The molecule has 0 bridgehead atoms.